The zero-order chi connectivity index (χ0) is 15.7. The quantitative estimate of drug-likeness (QED) is 0.621. The molecule has 1 aromatic heterocycles. The first kappa shape index (κ1) is 15.1. The Labute approximate surface area is 141 Å². The van der Waals surface area contributed by atoms with Gasteiger partial charge in [0, 0.05) is 10.6 Å². The maximum absolute atomic E-state index is 11.8. The van der Waals surface area contributed by atoms with Gasteiger partial charge >= 0.3 is 5.97 Å². The lowest BCUT2D eigenvalue weighted by molar-refractivity contribution is 0.0698. The molecule has 2 aromatic carbocycles. The maximum Gasteiger partial charge on any atom is 0.336 e. The first-order valence-electron chi connectivity index (χ1n) is 6.43. The Kier molecular flexibility index (Phi) is 4.21. The smallest absolute Gasteiger partial charge is 0.336 e. The van der Waals surface area contributed by atoms with Crippen LogP contribution in [0.2, 0.25) is 10.0 Å². The van der Waals surface area contributed by atoms with E-state index in [1.807, 2.05) is 23.6 Å². The monoisotopic (exact) mass is 348 g/mol. The molecule has 0 atom stereocenters. The summed E-state index contributed by atoms with van der Waals surface area (Å²) in [5, 5.41) is 12.7. The maximum atomic E-state index is 11.8. The van der Waals surface area contributed by atoms with E-state index in [9.17, 15) is 9.90 Å². The number of hydrogen-bond acceptors (Lipinski definition) is 2. The Morgan fingerprint density at radius 1 is 0.955 bits per heavy atom. The molecule has 0 saturated heterocycles. The van der Waals surface area contributed by atoms with Gasteiger partial charge in [0.25, 0.3) is 0 Å². The first-order chi connectivity index (χ1) is 10.6. The largest absolute Gasteiger partial charge is 0.478 e. The zero-order valence-corrected chi connectivity index (χ0v) is 13.5. The van der Waals surface area contributed by atoms with Crippen molar-refractivity contribution in [3.05, 3.63) is 69.5 Å². The standard InChI is InChI=1S/C17H10Cl2O2S/c18-11-6-4-10(5-7-11)12-2-1-3-13(15(12)17(20)21)16-14(19)8-9-22-16/h1-9H,(H,20,21). The van der Waals surface area contributed by atoms with Crippen molar-refractivity contribution in [2.24, 2.45) is 0 Å². The van der Waals surface area contributed by atoms with Crippen LogP contribution in [0, 0.1) is 0 Å². The highest BCUT2D eigenvalue weighted by molar-refractivity contribution is 7.14. The Balaban J connectivity index is 2.26. The summed E-state index contributed by atoms with van der Waals surface area (Å²) in [6, 6.07) is 14.3. The summed E-state index contributed by atoms with van der Waals surface area (Å²) in [7, 11) is 0. The molecule has 2 nitrogen and oxygen atoms in total. The van der Waals surface area contributed by atoms with Gasteiger partial charge in [0.15, 0.2) is 0 Å². The van der Waals surface area contributed by atoms with Gasteiger partial charge in [-0.1, -0.05) is 53.5 Å². The van der Waals surface area contributed by atoms with Crippen molar-refractivity contribution in [2.75, 3.05) is 0 Å². The zero-order valence-electron chi connectivity index (χ0n) is 11.2. The fourth-order valence-electron chi connectivity index (χ4n) is 2.33. The van der Waals surface area contributed by atoms with Crippen molar-refractivity contribution < 1.29 is 9.90 Å². The lowest BCUT2D eigenvalue weighted by Crippen LogP contribution is -2.02. The molecule has 0 aliphatic carbocycles. The van der Waals surface area contributed by atoms with E-state index >= 15 is 0 Å². The normalized spacial score (nSPS) is 10.6. The average Bonchev–Trinajstić information content (AvgIpc) is 2.93. The molecule has 3 aromatic rings. The molecule has 1 heterocycles. The number of carbonyl (C=O) groups is 1. The molecular weight excluding hydrogens is 339 g/mol. The molecule has 0 fully saturated rings. The van der Waals surface area contributed by atoms with E-state index in [-0.39, 0.29) is 5.56 Å². The highest BCUT2D eigenvalue weighted by Crippen LogP contribution is 2.39. The predicted octanol–water partition coefficient (Wildman–Crippen LogP) is 6.09. The second-order valence-electron chi connectivity index (χ2n) is 4.64. The molecule has 0 saturated carbocycles. The third kappa shape index (κ3) is 2.75. The molecule has 0 spiro atoms. The molecule has 22 heavy (non-hydrogen) atoms. The van der Waals surface area contributed by atoms with Crippen LogP contribution in [0.15, 0.2) is 53.9 Å². The first-order valence-corrected chi connectivity index (χ1v) is 8.07. The van der Waals surface area contributed by atoms with E-state index in [4.69, 9.17) is 23.2 Å². The third-order valence-corrected chi connectivity index (χ3v) is 4.92. The van der Waals surface area contributed by atoms with Gasteiger partial charge in [-0.3, -0.25) is 0 Å². The summed E-state index contributed by atoms with van der Waals surface area (Å²) >= 11 is 13.5. The summed E-state index contributed by atoms with van der Waals surface area (Å²) in [6.45, 7) is 0. The van der Waals surface area contributed by atoms with Gasteiger partial charge in [-0.25, -0.2) is 4.79 Å². The Hall–Kier alpha value is -1.81. The van der Waals surface area contributed by atoms with Crippen LogP contribution in [-0.4, -0.2) is 11.1 Å². The Bertz CT molecular complexity index is 838. The fraction of sp³-hybridized carbons (Fsp3) is 0. The number of halogens is 2. The molecule has 110 valence electrons. The SMILES string of the molecule is O=C(O)c1c(-c2ccc(Cl)cc2)cccc1-c1sccc1Cl. The van der Waals surface area contributed by atoms with Crippen LogP contribution in [0.4, 0.5) is 0 Å². The highest BCUT2D eigenvalue weighted by atomic mass is 35.5. The topological polar surface area (TPSA) is 37.3 Å². The van der Waals surface area contributed by atoms with Crippen LogP contribution < -0.4 is 0 Å². The number of carboxylic acid groups (broad SMARTS) is 1. The molecule has 0 aliphatic rings. The van der Waals surface area contributed by atoms with Crippen LogP contribution in [0.3, 0.4) is 0 Å². The number of carboxylic acids is 1. The van der Waals surface area contributed by atoms with Crippen molar-refractivity contribution >= 4 is 40.5 Å². The fourth-order valence-corrected chi connectivity index (χ4v) is 3.64. The van der Waals surface area contributed by atoms with E-state index in [1.165, 1.54) is 11.3 Å². The predicted molar refractivity (Wildman–Crippen MR) is 92.2 cm³/mol. The van der Waals surface area contributed by atoms with Gasteiger partial charge in [0.1, 0.15) is 0 Å². The van der Waals surface area contributed by atoms with E-state index in [2.05, 4.69) is 0 Å². The summed E-state index contributed by atoms with van der Waals surface area (Å²) in [4.78, 5) is 12.6. The summed E-state index contributed by atoms with van der Waals surface area (Å²) in [6.07, 6.45) is 0. The van der Waals surface area contributed by atoms with E-state index in [1.54, 1.807) is 30.3 Å². The van der Waals surface area contributed by atoms with E-state index < -0.39 is 5.97 Å². The van der Waals surface area contributed by atoms with Crippen LogP contribution in [-0.2, 0) is 0 Å². The molecule has 3 rings (SSSR count). The summed E-state index contributed by atoms with van der Waals surface area (Å²) in [5.74, 6) is -0.981. The van der Waals surface area contributed by atoms with Gasteiger partial charge < -0.3 is 5.11 Å². The average molecular weight is 349 g/mol. The van der Waals surface area contributed by atoms with E-state index in [0.717, 1.165) is 10.4 Å². The second-order valence-corrected chi connectivity index (χ2v) is 6.40. The molecule has 0 radical (unpaired) electrons. The number of thiophene rings is 1. The molecule has 1 N–H and O–H groups in total. The van der Waals surface area contributed by atoms with E-state index in [0.29, 0.717) is 21.2 Å². The number of aromatic carboxylic acids is 1. The summed E-state index contributed by atoms with van der Waals surface area (Å²) in [5.41, 5.74) is 2.32. The van der Waals surface area contributed by atoms with Gasteiger partial charge in [0.05, 0.1) is 15.5 Å². The highest BCUT2D eigenvalue weighted by Gasteiger charge is 2.19. The van der Waals surface area contributed by atoms with Crippen LogP contribution in [0.5, 0.6) is 0 Å². The van der Waals surface area contributed by atoms with Crippen LogP contribution in [0.25, 0.3) is 21.6 Å². The Morgan fingerprint density at radius 2 is 1.64 bits per heavy atom. The van der Waals surface area contributed by atoms with Crippen molar-refractivity contribution in [1.82, 2.24) is 0 Å². The second kappa shape index (κ2) is 6.13. The summed E-state index contributed by atoms with van der Waals surface area (Å²) < 4.78 is 0. The number of benzene rings is 2. The van der Waals surface area contributed by atoms with Crippen LogP contribution >= 0.6 is 34.5 Å². The van der Waals surface area contributed by atoms with Crippen molar-refractivity contribution in [3.8, 4) is 21.6 Å². The van der Waals surface area contributed by atoms with Gasteiger partial charge in [0.2, 0.25) is 0 Å². The minimum atomic E-state index is -0.981. The molecule has 0 unspecified atom stereocenters. The lowest BCUT2D eigenvalue weighted by atomic mass is 9.94. The molecule has 0 bridgehead atoms. The van der Waals surface area contributed by atoms with Crippen LogP contribution in [0.1, 0.15) is 10.4 Å². The lowest BCUT2D eigenvalue weighted by Gasteiger charge is -2.11. The minimum absolute atomic E-state index is 0.245. The Morgan fingerprint density at radius 3 is 2.23 bits per heavy atom. The van der Waals surface area contributed by atoms with Gasteiger partial charge in [-0.05, 0) is 34.7 Å². The number of hydrogen-bond donors (Lipinski definition) is 1. The molecule has 0 amide bonds. The van der Waals surface area contributed by atoms with Gasteiger partial charge in [-0.2, -0.15) is 0 Å². The van der Waals surface area contributed by atoms with Crippen molar-refractivity contribution in [2.45, 2.75) is 0 Å². The van der Waals surface area contributed by atoms with Crippen molar-refractivity contribution in [3.63, 3.8) is 0 Å². The molecular formula is C17H10Cl2O2S. The minimum Gasteiger partial charge on any atom is -0.478 e. The van der Waals surface area contributed by atoms with Gasteiger partial charge in [-0.15, -0.1) is 11.3 Å². The van der Waals surface area contributed by atoms with Crippen molar-refractivity contribution in [1.29, 1.82) is 0 Å². The third-order valence-electron chi connectivity index (χ3n) is 3.30. The molecule has 0 aliphatic heterocycles. The molecule has 5 heteroatoms. The number of rotatable bonds is 3.